The van der Waals surface area contributed by atoms with Crippen LogP contribution in [0.4, 0.5) is 11.4 Å². The van der Waals surface area contributed by atoms with Gasteiger partial charge in [0.2, 0.25) is 10.0 Å². The molecule has 2 rings (SSSR count). The molecule has 0 unspecified atom stereocenters. The van der Waals surface area contributed by atoms with Crippen LogP contribution in [0.5, 0.6) is 0 Å². The minimum Gasteiger partial charge on any atom is -0.377 e. The zero-order valence-corrected chi connectivity index (χ0v) is 12.1. The van der Waals surface area contributed by atoms with E-state index in [1.807, 2.05) is 32.0 Å². The summed E-state index contributed by atoms with van der Waals surface area (Å²) in [6.45, 7) is 6.52. The molecular formula is C13H20N2O2S. The molecule has 0 amide bonds. The molecule has 1 heterocycles. The Labute approximate surface area is 109 Å². The van der Waals surface area contributed by atoms with Crippen LogP contribution in [0.2, 0.25) is 0 Å². The Bertz CT molecular complexity index is 564. The van der Waals surface area contributed by atoms with Gasteiger partial charge in [0.1, 0.15) is 0 Å². The molecule has 0 bridgehead atoms. The number of aryl methyl sites for hydroxylation is 1. The van der Waals surface area contributed by atoms with Crippen molar-refractivity contribution in [1.29, 1.82) is 0 Å². The Kier molecular flexibility index (Phi) is 3.05. The van der Waals surface area contributed by atoms with Crippen LogP contribution in [-0.2, 0) is 16.4 Å². The molecule has 0 aromatic heterocycles. The number of nitrogens with one attached hydrogen (secondary N) is 1. The number of hydrogen-bond donors (Lipinski definition) is 1. The van der Waals surface area contributed by atoms with Crippen LogP contribution < -0.4 is 9.62 Å². The minimum atomic E-state index is -3.24. The maximum Gasteiger partial charge on any atom is 0.232 e. The Morgan fingerprint density at radius 3 is 2.61 bits per heavy atom. The predicted octanol–water partition coefficient (Wildman–Crippen LogP) is 2.22. The van der Waals surface area contributed by atoms with E-state index in [0.29, 0.717) is 6.54 Å². The van der Waals surface area contributed by atoms with Crippen LogP contribution in [0, 0.1) is 0 Å². The topological polar surface area (TPSA) is 49.4 Å². The first kappa shape index (κ1) is 13.2. The average Bonchev–Trinajstić information content (AvgIpc) is 2.25. The highest BCUT2D eigenvalue weighted by Crippen LogP contribution is 2.36. The zero-order chi connectivity index (χ0) is 13.6. The van der Waals surface area contributed by atoms with Crippen LogP contribution in [0.1, 0.15) is 26.3 Å². The SMILES string of the molecule is CCc1ccc2c(c1)N(S(C)(=O)=O)CC(C)(C)N2. The maximum atomic E-state index is 11.9. The van der Waals surface area contributed by atoms with Crippen LogP contribution >= 0.6 is 0 Å². The number of sulfonamides is 1. The quantitative estimate of drug-likeness (QED) is 0.894. The first-order valence-corrected chi connectivity index (χ1v) is 7.96. The molecule has 0 saturated heterocycles. The largest absolute Gasteiger partial charge is 0.377 e. The van der Waals surface area contributed by atoms with Gasteiger partial charge in [-0.2, -0.15) is 0 Å². The van der Waals surface area contributed by atoms with Gasteiger partial charge in [-0.1, -0.05) is 13.0 Å². The van der Waals surface area contributed by atoms with Gasteiger partial charge in [-0.25, -0.2) is 8.42 Å². The van der Waals surface area contributed by atoms with Gasteiger partial charge in [-0.05, 0) is 38.0 Å². The molecular weight excluding hydrogens is 248 g/mol. The monoisotopic (exact) mass is 268 g/mol. The van der Waals surface area contributed by atoms with E-state index >= 15 is 0 Å². The minimum absolute atomic E-state index is 0.260. The Balaban J connectivity index is 2.58. The number of rotatable bonds is 2. The van der Waals surface area contributed by atoms with E-state index in [-0.39, 0.29) is 5.54 Å². The summed E-state index contributed by atoms with van der Waals surface area (Å²) < 4.78 is 25.4. The van der Waals surface area contributed by atoms with Gasteiger partial charge in [-0.15, -0.1) is 0 Å². The number of benzene rings is 1. The second-order valence-corrected chi connectivity index (χ2v) is 7.39. The second-order valence-electron chi connectivity index (χ2n) is 5.48. The molecule has 0 fully saturated rings. The zero-order valence-electron chi connectivity index (χ0n) is 11.3. The standard InChI is InChI=1S/C13H20N2O2S/c1-5-10-6-7-11-12(8-10)15(18(4,16)17)9-13(2,3)14-11/h6-8,14H,5,9H2,1-4H3. The maximum absolute atomic E-state index is 11.9. The lowest BCUT2D eigenvalue weighted by Gasteiger charge is -2.40. The third-order valence-corrected chi connectivity index (χ3v) is 4.28. The first-order valence-electron chi connectivity index (χ1n) is 6.12. The van der Waals surface area contributed by atoms with Gasteiger partial charge < -0.3 is 5.32 Å². The van der Waals surface area contributed by atoms with Gasteiger partial charge in [0.05, 0.1) is 29.7 Å². The fourth-order valence-electron chi connectivity index (χ4n) is 2.25. The number of hydrogen-bond acceptors (Lipinski definition) is 3. The van der Waals surface area contributed by atoms with E-state index in [1.165, 1.54) is 10.6 Å². The van der Waals surface area contributed by atoms with Crippen molar-refractivity contribution in [3.8, 4) is 0 Å². The lowest BCUT2D eigenvalue weighted by molar-refractivity contribution is 0.546. The fourth-order valence-corrected chi connectivity index (χ4v) is 3.32. The Morgan fingerprint density at radius 1 is 1.39 bits per heavy atom. The van der Waals surface area contributed by atoms with Crippen LogP contribution in [0.3, 0.4) is 0 Å². The van der Waals surface area contributed by atoms with Crippen molar-refractivity contribution in [1.82, 2.24) is 0 Å². The van der Waals surface area contributed by atoms with E-state index in [1.54, 1.807) is 0 Å². The van der Waals surface area contributed by atoms with Crippen molar-refractivity contribution in [3.05, 3.63) is 23.8 Å². The molecule has 100 valence electrons. The summed E-state index contributed by atoms with van der Waals surface area (Å²) >= 11 is 0. The average molecular weight is 268 g/mol. The summed E-state index contributed by atoms with van der Waals surface area (Å²) in [4.78, 5) is 0. The van der Waals surface area contributed by atoms with Gasteiger partial charge >= 0.3 is 0 Å². The van der Waals surface area contributed by atoms with Crippen molar-refractivity contribution in [2.75, 3.05) is 22.4 Å². The van der Waals surface area contributed by atoms with Crippen LogP contribution in [-0.4, -0.2) is 26.8 Å². The van der Waals surface area contributed by atoms with Crippen molar-refractivity contribution in [2.45, 2.75) is 32.7 Å². The summed E-state index contributed by atoms with van der Waals surface area (Å²) in [5.41, 5.74) is 2.53. The van der Waals surface area contributed by atoms with Crippen molar-refractivity contribution < 1.29 is 8.42 Å². The van der Waals surface area contributed by atoms with Crippen molar-refractivity contribution in [3.63, 3.8) is 0 Å². The number of anilines is 2. The molecule has 1 aromatic rings. The lowest BCUT2D eigenvalue weighted by atomic mass is 10.00. The summed E-state index contributed by atoms with van der Waals surface area (Å²) in [5.74, 6) is 0. The normalized spacial score (nSPS) is 18.1. The predicted molar refractivity (Wildman–Crippen MR) is 75.7 cm³/mol. The highest BCUT2D eigenvalue weighted by molar-refractivity contribution is 7.92. The highest BCUT2D eigenvalue weighted by Gasteiger charge is 2.33. The number of nitrogens with zero attached hydrogens (tertiary/aromatic N) is 1. The van der Waals surface area contributed by atoms with Crippen LogP contribution in [0.25, 0.3) is 0 Å². The van der Waals surface area contributed by atoms with E-state index in [4.69, 9.17) is 0 Å². The van der Waals surface area contributed by atoms with Crippen molar-refractivity contribution in [2.24, 2.45) is 0 Å². The molecule has 1 N–H and O–H groups in total. The molecule has 0 aliphatic carbocycles. The summed E-state index contributed by atoms with van der Waals surface area (Å²) in [7, 11) is -3.24. The van der Waals surface area contributed by atoms with Crippen molar-refractivity contribution >= 4 is 21.4 Å². The highest BCUT2D eigenvalue weighted by atomic mass is 32.2. The molecule has 18 heavy (non-hydrogen) atoms. The first-order chi connectivity index (χ1) is 8.23. The summed E-state index contributed by atoms with van der Waals surface area (Å²) in [5, 5.41) is 3.38. The summed E-state index contributed by atoms with van der Waals surface area (Å²) in [6, 6.07) is 5.96. The van der Waals surface area contributed by atoms with Gasteiger partial charge in [-0.3, -0.25) is 4.31 Å². The fraction of sp³-hybridized carbons (Fsp3) is 0.538. The Morgan fingerprint density at radius 2 is 2.06 bits per heavy atom. The molecule has 0 spiro atoms. The van der Waals surface area contributed by atoms with E-state index in [0.717, 1.165) is 23.4 Å². The second kappa shape index (κ2) is 4.16. The Hall–Kier alpha value is -1.23. The molecule has 1 aliphatic heterocycles. The third kappa shape index (κ3) is 2.46. The molecule has 1 aromatic carbocycles. The summed E-state index contributed by atoms with van der Waals surface area (Å²) in [6.07, 6.45) is 2.16. The van der Waals surface area contributed by atoms with E-state index in [9.17, 15) is 8.42 Å². The lowest BCUT2D eigenvalue weighted by Crippen LogP contribution is -2.50. The van der Waals surface area contributed by atoms with E-state index < -0.39 is 10.0 Å². The molecule has 5 heteroatoms. The van der Waals surface area contributed by atoms with Gasteiger partial charge in [0.25, 0.3) is 0 Å². The number of fused-ring (bicyclic) bond motifs is 1. The third-order valence-electron chi connectivity index (χ3n) is 3.15. The molecule has 1 aliphatic rings. The molecule has 0 radical (unpaired) electrons. The smallest absolute Gasteiger partial charge is 0.232 e. The molecule has 4 nitrogen and oxygen atoms in total. The van der Waals surface area contributed by atoms with E-state index in [2.05, 4.69) is 12.2 Å². The molecule has 0 atom stereocenters. The van der Waals surface area contributed by atoms with Gasteiger partial charge in [0, 0.05) is 0 Å². The van der Waals surface area contributed by atoms with Crippen LogP contribution in [0.15, 0.2) is 18.2 Å². The molecule has 0 saturated carbocycles. The van der Waals surface area contributed by atoms with Gasteiger partial charge in [0.15, 0.2) is 0 Å².